The van der Waals surface area contributed by atoms with Crippen LogP contribution in [0.4, 0.5) is 0 Å². The van der Waals surface area contributed by atoms with Crippen LogP contribution in [0.1, 0.15) is 38.2 Å². The number of phenolic OH excluding ortho intramolecular Hbond substituents is 1. The molecule has 5 amide bonds. The van der Waals surface area contributed by atoms with E-state index in [-0.39, 0.29) is 12.2 Å². The van der Waals surface area contributed by atoms with Gasteiger partial charge < -0.3 is 42.1 Å². The number of benzene rings is 1. The molecule has 1 aromatic carbocycles. The Balaban J connectivity index is 3.09. The third kappa shape index (κ3) is 11.4. The molecule has 14 nitrogen and oxygen atoms in total. The number of nitrogens with two attached hydrogens (primary N) is 2. The van der Waals surface area contributed by atoms with E-state index in [4.69, 9.17) is 16.6 Å². The molecule has 0 aromatic heterocycles. The normalized spacial score (nSPS) is 12.9. The average molecular weight is 551 g/mol. The van der Waals surface area contributed by atoms with Gasteiger partial charge in [0.05, 0.1) is 13.0 Å². The maximum absolute atomic E-state index is 13.3. The molecule has 0 unspecified atom stereocenters. The van der Waals surface area contributed by atoms with E-state index >= 15 is 0 Å². The average Bonchev–Trinajstić information content (AvgIpc) is 2.85. The lowest BCUT2D eigenvalue weighted by Gasteiger charge is -2.30. The summed E-state index contributed by atoms with van der Waals surface area (Å²) in [7, 11) is 2.57. The fraction of sp³-hybridized carbons (Fsp3) is 0.520. The van der Waals surface area contributed by atoms with E-state index < -0.39 is 66.6 Å². The minimum atomic E-state index is -1.47. The molecule has 0 heterocycles. The highest BCUT2D eigenvalue weighted by Gasteiger charge is 2.33. The highest BCUT2D eigenvalue weighted by Crippen LogP contribution is 2.14. The molecular formula is C25H38N6O8. The number of carboxylic acid groups (broad SMARTS) is 1. The fourth-order valence-corrected chi connectivity index (χ4v) is 3.86. The Morgan fingerprint density at radius 3 is 2.08 bits per heavy atom. The maximum Gasteiger partial charge on any atom is 0.305 e. The predicted molar refractivity (Wildman–Crippen MR) is 140 cm³/mol. The lowest BCUT2D eigenvalue weighted by Crippen LogP contribution is -2.56. The van der Waals surface area contributed by atoms with E-state index in [1.54, 1.807) is 0 Å². The number of nitrogens with one attached hydrogen (secondary N) is 2. The number of carbonyl (C=O) groups is 6. The molecule has 0 aliphatic carbocycles. The van der Waals surface area contributed by atoms with E-state index in [1.807, 2.05) is 0 Å². The van der Waals surface area contributed by atoms with E-state index in [1.165, 1.54) is 45.3 Å². The number of carboxylic acids is 1. The van der Waals surface area contributed by atoms with Gasteiger partial charge in [0.25, 0.3) is 0 Å². The van der Waals surface area contributed by atoms with Gasteiger partial charge in [0.2, 0.25) is 29.5 Å². The molecule has 0 aliphatic rings. The summed E-state index contributed by atoms with van der Waals surface area (Å²) >= 11 is 0. The van der Waals surface area contributed by atoms with Gasteiger partial charge in [-0.3, -0.25) is 28.8 Å². The first kappa shape index (κ1) is 32.8. The molecule has 0 saturated carbocycles. The van der Waals surface area contributed by atoms with Crippen molar-refractivity contribution in [1.29, 1.82) is 0 Å². The van der Waals surface area contributed by atoms with Crippen molar-refractivity contribution in [2.24, 2.45) is 11.5 Å². The smallest absolute Gasteiger partial charge is 0.305 e. The van der Waals surface area contributed by atoms with Crippen molar-refractivity contribution < 1.29 is 39.0 Å². The second kappa shape index (κ2) is 15.9. The maximum atomic E-state index is 13.3. The molecule has 3 atom stereocenters. The first-order chi connectivity index (χ1) is 18.3. The number of aliphatic carboxylic acids is 1. The van der Waals surface area contributed by atoms with Crippen LogP contribution in [0.2, 0.25) is 0 Å². The zero-order valence-corrected chi connectivity index (χ0v) is 22.4. The topological polar surface area (TPSA) is 225 Å². The molecule has 0 bridgehead atoms. The van der Waals surface area contributed by atoms with Gasteiger partial charge in [0, 0.05) is 27.4 Å². The zero-order valence-electron chi connectivity index (χ0n) is 22.4. The number of hydrogen-bond donors (Lipinski definition) is 6. The van der Waals surface area contributed by atoms with Crippen molar-refractivity contribution in [1.82, 2.24) is 20.4 Å². The summed E-state index contributed by atoms with van der Waals surface area (Å²) in [6, 6.07) is 2.24. The molecule has 14 heteroatoms. The van der Waals surface area contributed by atoms with Crippen molar-refractivity contribution in [3.8, 4) is 5.75 Å². The largest absolute Gasteiger partial charge is 0.508 e. The van der Waals surface area contributed by atoms with Crippen LogP contribution in [0, 0.1) is 0 Å². The van der Waals surface area contributed by atoms with Crippen LogP contribution in [0.25, 0.3) is 0 Å². The standard InChI is InChI=1S/C25H38N6O8/c1-15(32)28-18(6-4-5-11-26)24(38)30(2)14-21(34)29-19(12-16-7-9-17(33)10-8-16)25(39)31(3)20(23(27)37)13-22(35)36/h7-10,18-20,33H,4-6,11-14,26H2,1-3H3,(H2,27,37)(H,28,32)(H,29,34)(H,35,36)/t18-,19-,20-/m0/s1. The van der Waals surface area contributed by atoms with Gasteiger partial charge in [-0.25, -0.2) is 0 Å². The quantitative estimate of drug-likeness (QED) is 0.129. The summed E-state index contributed by atoms with van der Waals surface area (Å²) in [5.41, 5.74) is 11.4. The fourth-order valence-electron chi connectivity index (χ4n) is 3.86. The van der Waals surface area contributed by atoms with Crippen molar-refractivity contribution in [3.63, 3.8) is 0 Å². The van der Waals surface area contributed by atoms with Gasteiger partial charge in [-0.1, -0.05) is 12.1 Å². The number of unbranched alkanes of at least 4 members (excludes halogenated alkanes) is 1. The summed E-state index contributed by atoms with van der Waals surface area (Å²) < 4.78 is 0. The van der Waals surface area contributed by atoms with Gasteiger partial charge in [-0.15, -0.1) is 0 Å². The van der Waals surface area contributed by atoms with Crippen molar-refractivity contribution in [2.45, 2.75) is 57.2 Å². The first-order valence-electron chi connectivity index (χ1n) is 12.3. The van der Waals surface area contributed by atoms with E-state index in [0.29, 0.717) is 31.4 Å². The van der Waals surface area contributed by atoms with Crippen LogP contribution in [-0.2, 0) is 35.2 Å². The Labute approximate surface area is 226 Å². The summed E-state index contributed by atoms with van der Waals surface area (Å²) in [6.07, 6.45) is 0.755. The van der Waals surface area contributed by atoms with Gasteiger partial charge in [-0.2, -0.15) is 0 Å². The molecule has 0 saturated heterocycles. The number of carbonyl (C=O) groups excluding carboxylic acids is 5. The Hall–Kier alpha value is -4.20. The third-order valence-corrected chi connectivity index (χ3v) is 5.90. The Bertz CT molecular complexity index is 1030. The molecule has 0 aliphatic heterocycles. The number of phenols is 1. The number of likely N-dealkylation sites (N-methyl/N-ethyl adjacent to an activating group) is 2. The molecule has 0 fully saturated rings. The molecule has 0 spiro atoms. The molecule has 39 heavy (non-hydrogen) atoms. The van der Waals surface area contributed by atoms with Gasteiger partial charge in [0.15, 0.2) is 0 Å². The van der Waals surface area contributed by atoms with Crippen LogP contribution in [0.5, 0.6) is 5.75 Å². The van der Waals surface area contributed by atoms with Gasteiger partial charge >= 0.3 is 5.97 Å². The number of hydrogen-bond acceptors (Lipinski definition) is 8. The van der Waals surface area contributed by atoms with Crippen LogP contribution < -0.4 is 22.1 Å². The van der Waals surface area contributed by atoms with Gasteiger partial charge in [-0.05, 0) is 43.5 Å². The summed E-state index contributed by atoms with van der Waals surface area (Å²) in [4.78, 5) is 75.7. The molecule has 0 radical (unpaired) electrons. The first-order valence-corrected chi connectivity index (χ1v) is 12.3. The lowest BCUT2D eigenvalue weighted by molar-refractivity contribution is -0.146. The highest BCUT2D eigenvalue weighted by molar-refractivity contribution is 5.94. The number of rotatable bonds is 16. The molecule has 216 valence electrons. The SMILES string of the molecule is CC(=O)N[C@@H](CCCCN)C(=O)N(C)CC(=O)N[C@@H](Cc1ccc(O)cc1)C(=O)N(C)[C@@H](CC(=O)O)C(N)=O. The van der Waals surface area contributed by atoms with Gasteiger partial charge in [0.1, 0.15) is 23.9 Å². The second-order valence-corrected chi connectivity index (χ2v) is 9.19. The number of amides is 5. The molecular weight excluding hydrogens is 512 g/mol. The van der Waals surface area contributed by atoms with E-state index in [0.717, 1.165) is 9.80 Å². The van der Waals surface area contributed by atoms with Crippen LogP contribution in [-0.4, -0.2) is 101 Å². The third-order valence-electron chi connectivity index (χ3n) is 5.90. The van der Waals surface area contributed by atoms with Crippen LogP contribution >= 0.6 is 0 Å². The Kier molecular flexibility index (Phi) is 13.4. The highest BCUT2D eigenvalue weighted by atomic mass is 16.4. The lowest BCUT2D eigenvalue weighted by atomic mass is 10.0. The zero-order chi connectivity index (χ0) is 29.7. The number of primary amides is 1. The van der Waals surface area contributed by atoms with E-state index in [2.05, 4.69) is 10.6 Å². The summed E-state index contributed by atoms with van der Waals surface area (Å²) in [5.74, 6) is -4.82. The minimum Gasteiger partial charge on any atom is -0.508 e. The summed E-state index contributed by atoms with van der Waals surface area (Å²) in [6.45, 7) is 1.24. The van der Waals surface area contributed by atoms with Crippen molar-refractivity contribution in [3.05, 3.63) is 29.8 Å². The Morgan fingerprint density at radius 1 is 0.949 bits per heavy atom. The minimum absolute atomic E-state index is 0.0154. The molecule has 8 N–H and O–H groups in total. The van der Waals surface area contributed by atoms with E-state index in [9.17, 15) is 33.9 Å². The number of aromatic hydroxyl groups is 1. The molecule has 1 aromatic rings. The van der Waals surface area contributed by atoms with Crippen LogP contribution in [0.3, 0.4) is 0 Å². The van der Waals surface area contributed by atoms with Crippen LogP contribution in [0.15, 0.2) is 24.3 Å². The predicted octanol–water partition coefficient (Wildman–Crippen LogP) is -1.70. The summed E-state index contributed by atoms with van der Waals surface area (Å²) in [5, 5.41) is 23.8. The Morgan fingerprint density at radius 2 is 1.56 bits per heavy atom. The van der Waals surface area contributed by atoms with Crippen molar-refractivity contribution in [2.75, 3.05) is 27.2 Å². The molecule has 1 rings (SSSR count). The van der Waals surface area contributed by atoms with Crippen molar-refractivity contribution >= 4 is 35.5 Å². The monoisotopic (exact) mass is 550 g/mol. The number of nitrogens with zero attached hydrogens (tertiary/aromatic N) is 2. The second-order valence-electron chi connectivity index (χ2n) is 9.19.